The molecular weight excluding hydrogens is 408 g/mol. The number of fused-ring (bicyclic) bond motifs is 2. The van der Waals surface area contributed by atoms with Crippen molar-refractivity contribution in [2.24, 2.45) is 0 Å². The molecule has 0 radical (unpaired) electrons. The highest BCUT2D eigenvalue weighted by molar-refractivity contribution is 6.29. The maximum atomic E-state index is 13.0. The predicted octanol–water partition coefficient (Wildman–Crippen LogP) is 1.55. The van der Waals surface area contributed by atoms with Gasteiger partial charge in [0.25, 0.3) is 11.4 Å². The van der Waals surface area contributed by atoms with Gasteiger partial charge in [-0.25, -0.2) is 10.4 Å². The highest BCUT2D eigenvalue weighted by Crippen LogP contribution is 2.25. The van der Waals surface area contributed by atoms with Crippen LogP contribution in [-0.4, -0.2) is 45.7 Å². The Hall–Kier alpha value is -3.46. The Morgan fingerprint density at radius 3 is 2.43 bits per heavy atom. The molecule has 1 fully saturated rings. The van der Waals surface area contributed by atoms with E-state index in [9.17, 15) is 14.8 Å². The number of nitrogens with zero attached hydrogens (tertiary/aromatic N) is 5. The van der Waals surface area contributed by atoms with E-state index < -0.39 is 11.6 Å². The number of aromatic nitrogens is 4. The van der Waals surface area contributed by atoms with E-state index >= 15 is 0 Å². The number of benzene rings is 1. The van der Waals surface area contributed by atoms with Crippen molar-refractivity contribution in [1.82, 2.24) is 15.0 Å². The lowest BCUT2D eigenvalue weighted by molar-refractivity contribution is -0.672. The van der Waals surface area contributed by atoms with Gasteiger partial charge < -0.3 is 10.1 Å². The van der Waals surface area contributed by atoms with Gasteiger partial charge in [0.05, 0.1) is 6.04 Å². The number of carbonyl (C=O) groups excluding carboxylic acids is 2. The fraction of sp³-hybridized carbons (Fsp3) is 0.250. The first-order chi connectivity index (χ1) is 14.5. The van der Waals surface area contributed by atoms with Crippen LogP contribution in [-0.2, 0) is 0 Å². The monoisotopic (exact) mass is 424 g/mol. The van der Waals surface area contributed by atoms with Crippen LogP contribution in [0.25, 0.3) is 0 Å². The molecule has 30 heavy (non-hydrogen) atoms. The van der Waals surface area contributed by atoms with E-state index in [1.165, 1.54) is 0 Å². The smallest absolute Gasteiger partial charge is 0.279 e. The van der Waals surface area contributed by atoms with Crippen molar-refractivity contribution in [2.45, 2.75) is 18.9 Å². The molecule has 5 rings (SSSR count). The molecule has 10 heteroatoms. The maximum absolute atomic E-state index is 13.0. The summed E-state index contributed by atoms with van der Waals surface area (Å²) < 4.78 is 0. The molecule has 9 nitrogen and oxygen atoms in total. The zero-order chi connectivity index (χ0) is 20.8. The van der Waals surface area contributed by atoms with Gasteiger partial charge in [0, 0.05) is 24.2 Å². The molecule has 2 aromatic heterocycles. The maximum Gasteiger partial charge on any atom is 0.279 e. The number of nitrogens with one attached hydrogen (secondary N) is 1. The molecule has 1 aromatic carbocycles. The van der Waals surface area contributed by atoms with E-state index in [2.05, 4.69) is 20.5 Å². The SMILES string of the molecule is O=C1c2ccccc2C(=O)c2c1n(NC1CCN(c3cccc(Cl)n3)CC1)n[n+]2[O-]. The van der Waals surface area contributed by atoms with Crippen molar-refractivity contribution in [3.8, 4) is 0 Å². The largest absolute Gasteiger partial charge is 0.690 e. The molecule has 0 unspecified atom stereocenters. The van der Waals surface area contributed by atoms with Crippen molar-refractivity contribution in [1.29, 1.82) is 0 Å². The van der Waals surface area contributed by atoms with Gasteiger partial charge in [-0.3, -0.25) is 9.59 Å². The summed E-state index contributed by atoms with van der Waals surface area (Å²) in [6.45, 7) is 1.45. The fourth-order valence-electron chi connectivity index (χ4n) is 3.97. The Labute approximate surface area is 176 Å². The van der Waals surface area contributed by atoms with Crippen LogP contribution in [0.5, 0.6) is 0 Å². The Morgan fingerprint density at radius 1 is 1.03 bits per heavy atom. The molecule has 3 aromatic rings. The Morgan fingerprint density at radius 2 is 1.73 bits per heavy atom. The average molecular weight is 425 g/mol. The van der Waals surface area contributed by atoms with Gasteiger partial charge in [-0.05, 0) is 29.8 Å². The van der Waals surface area contributed by atoms with Crippen LogP contribution in [0, 0.1) is 5.21 Å². The van der Waals surface area contributed by atoms with Gasteiger partial charge in [-0.15, -0.1) is 4.85 Å². The fourth-order valence-corrected chi connectivity index (χ4v) is 4.13. The van der Waals surface area contributed by atoms with E-state index in [0.29, 0.717) is 5.15 Å². The van der Waals surface area contributed by atoms with Gasteiger partial charge in [0.15, 0.2) is 0 Å². The number of hydrogen-bond acceptors (Lipinski definition) is 7. The average Bonchev–Trinajstić information content (AvgIpc) is 3.08. The van der Waals surface area contributed by atoms with Gasteiger partial charge >= 0.3 is 0 Å². The topological polar surface area (TPSA) is 107 Å². The molecule has 152 valence electrons. The van der Waals surface area contributed by atoms with Crippen molar-refractivity contribution in [3.63, 3.8) is 0 Å². The van der Waals surface area contributed by atoms with E-state index in [4.69, 9.17) is 11.6 Å². The molecule has 1 saturated heterocycles. The van der Waals surface area contributed by atoms with E-state index in [-0.39, 0.29) is 33.4 Å². The second kappa shape index (κ2) is 7.10. The minimum atomic E-state index is -0.495. The predicted molar refractivity (Wildman–Crippen MR) is 108 cm³/mol. The molecule has 1 aliphatic heterocycles. The molecule has 0 bridgehead atoms. The summed E-state index contributed by atoms with van der Waals surface area (Å²) in [5.74, 6) is -0.0762. The standard InChI is InChI=1S/C20H17ClN6O3/c21-15-6-3-7-16(22-15)25-10-8-12(9-11-25)23-26-17-18(27(30)24-26)20(29)14-5-2-1-4-13(14)19(17)28/h1-7,12,23H,8-11H2. The van der Waals surface area contributed by atoms with Gasteiger partial charge in [0.1, 0.15) is 16.2 Å². The first-order valence-corrected chi connectivity index (χ1v) is 9.96. The zero-order valence-electron chi connectivity index (χ0n) is 15.8. The second-order valence-electron chi connectivity index (χ2n) is 7.28. The third-order valence-corrected chi connectivity index (χ3v) is 5.68. The minimum Gasteiger partial charge on any atom is -0.690 e. The first-order valence-electron chi connectivity index (χ1n) is 9.58. The van der Waals surface area contributed by atoms with Gasteiger partial charge in [0.2, 0.25) is 11.6 Å². The van der Waals surface area contributed by atoms with Crippen LogP contribution in [0.4, 0.5) is 5.82 Å². The second-order valence-corrected chi connectivity index (χ2v) is 7.67. The quantitative estimate of drug-likeness (QED) is 0.302. The Bertz CT molecular complexity index is 1170. The highest BCUT2D eigenvalue weighted by atomic mass is 35.5. The molecule has 0 saturated carbocycles. The number of pyridine rings is 1. The van der Waals surface area contributed by atoms with Crippen molar-refractivity contribution < 1.29 is 14.4 Å². The van der Waals surface area contributed by atoms with Crippen LogP contribution >= 0.6 is 11.6 Å². The highest BCUT2D eigenvalue weighted by Gasteiger charge is 2.42. The lowest BCUT2D eigenvalue weighted by Crippen LogP contribution is -2.43. The number of halogens is 1. The number of ketones is 2. The number of hydrogen-bond donors (Lipinski definition) is 1. The molecule has 1 aliphatic carbocycles. The number of rotatable bonds is 3. The van der Waals surface area contributed by atoms with Gasteiger partial charge in [-0.2, -0.15) is 0 Å². The van der Waals surface area contributed by atoms with Crippen LogP contribution in [0.2, 0.25) is 5.15 Å². The van der Waals surface area contributed by atoms with Crippen molar-refractivity contribution >= 4 is 29.0 Å². The Kier molecular flexibility index (Phi) is 4.39. The third-order valence-electron chi connectivity index (χ3n) is 5.47. The summed E-state index contributed by atoms with van der Waals surface area (Å²) >= 11 is 5.98. The normalized spacial score (nSPS) is 16.4. The number of anilines is 1. The van der Waals surface area contributed by atoms with E-state index in [1.807, 2.05) is 12.1 Å². The van der Waals surface area contributed by atoms with Crippen molar-refractivity contribution in [3.05, 3.63) is 75.3 Å². The molecule has 0 atom stereocenters. The zero-order valence-corrected chi connectivity index (χ0v) is 16.5. The molecule has 1 N–H and O–H groups in total. The molecule has 0 amide bonds. The molecule has 2 aliphatic rings. The van der Waals surface area contributed by atoms with Crippen LogP contribution in [0.3, 0.4) is 0 Å². The Balaban J connectivity index is 1.36. The summed E-state index contributed by atoms with van der Waals surface area (Å²) in [4.78, 5) is 33.5. The van der Waals surface area contributed by atoms with E-state index in [1.54, 1.807) is 30.3 Å². The first kappa shape index (κ1) is 18.6. The molecule has 0 spiro atoms. The summed E-state index contributed by atoms with van der Waals surface area (Å²) in [5, 5.41) is 16.6. The number of carbonyl (C=O) groups is 2. The van der Waals surface area contributed by atoms with E-state index in [0.717, 1.165) is 36.5 Å². The van der Waals surface area contributed by atoms with Crippen LogP contribution in [0.1, 0.15) is 44.9 Å². The van der Waals surface area contributed by atoms with Gasteiger partial charge in [-0.1, -0.05) is 41.9 Å². The molecule has 3 heterocycles. The van der Waals surface area contributed by atoms with Crippen molar-refractivity contribution in [2.75, 3.05) is 23.4 Å². The third kappa shape index (κ3) is 2.98. The number of piperidine rings is 1. The lowest BCUT2D eigenvalue weighted by atomic mass is 9.90. The lowest BCUT2D eigenvalue weighted by Gasteiger charge is -2.32. The molecular formula is C20H17ClN6O3. The van der Waals surface area contributed by atoms with Crippen LogP contribution < -0.4 is 15.2 Å². The van der Waals surface area contributed by atoms with Crippen LogP contribution in [0.15, 0.2) is 42.5 Å². The summed E-state index contributed by atoms with van der Waals surface area (Å²) in [6, 6.07) is 12.0. The summed E-state index contributed by atoms with van der Waals surface area (Å²) in [5.41, 5.74) is 3.37. The minimum absolute atomic E-state index is 0.0207. The summed E-state index contributed by atoms with van der Waals surface area (Å²) in [7, 11) is 0. The summed E-state index contributed by atoms with van der Waals surface area (Å²) in [6.07, 6.45) is 1.47.